The fourth-order valence-corrected chi connectivity index (χ4v) is 3.59. The lowest BCUT2D eigenvalue weighted by Crippen LogP contribution is -2.27. The molecule has 214 valence electrons. The second-order valence-corrected chi connectivity index (χ2v) is 9.76. The van der Waals surface area contributed by atoms with Crippen molar-refractivity contribution in [2.45, 2.75) is 45.9 Å². The van der Waals surface area contributed by atoms with Crippen molar-refractivity contribution in [1.29, 1.82) is 0 Å². The number of oxazole rings is 1. The molecule has 14 heteroatoms. The zero-order valence-corrected chi connectivity index (χ0v) is 22.8. The second kappa shape index (κ2) is 12.4. The van der Waals surface area contributed by atoms with Crippen molar-refractivity contribution in [1.82, 2.24) is 29.8 Å². The largest absolute Gasteiger partial charge is 0.491 e. The van der Waals surface area contributed by atoms with Crippen molar-refractivity contribution >= 4 is 17.7 Å². The Morgan fingerprint density at radius 2 is 1.90 bits per heavy atom. The van der Waals surface area contributed by atoms with Crippen LogP contribution in [0.2, 0.25) is 0 Å². The number of carbonyl (C=O) groups is 2. The van der Waals surface area contributed by atoms with Crippen molar-refractivity contribution in [2.24, 2.45) is 0 Å². The number of halogens is 1. The molecule has 0 aliphatic carbocycles. The molecule has 41 heavy (non-hydrogen) atoms. The number of aromatic nitrogens is 5. The number of ether oxygens (including phenoxy) is 2. The second-order valence-electron chi connectivity index (χ2n) is 9.76. The number of nitrogens with one attached hydrogen (secondary N) is 2. The van der Waals surface area contributed by atoms with E-state index in [2.05, 4.69) is 30.6 Å². The SMILES string of the molecule is COc1c(NC(=O)OC(C)(C)C)cnc(CNC(=O)c2cnc(Cc3ccc(Cn4cccnc4=O)nc3)o2)c1F. The summed E-state index contributed by atoms with van der Waals surface area (Å²) in [7, 11) is 1.24. The summed E-state index contributed by atoms with van der Waals surface area (Å²) < 4.78 is 32.2. The Labute approximate surface area is 233 Å². The standard InChI is InChI=1S/C27H28FN7O6/c1-27(2,3)41-26(38)34-19-13-31-18(22(28)23(19)39-4)12-33-24(36)20-14-32-21(40-20)10-16-6-7-17(30-11-16)15-35-9-5-8-29-25(35)37/h5-9,11,13-14H,10,12,15H2,1-4H3,(H,33,36)(H,34,38). The zero-order chi connectivity index (χ0) is 29.6. The fraction of sp³-hybridized carbons (Fsp3) is 0.296. The molecule has 13 nitrogen and oxygen atoms in total. The van der Waals surface area contributed by atoms with E-state index in [0.29, 0.717) is 5.69 Å². The first kappa shape index (κ1) is 28.9. The summed E-state index contributed by atoms with van der Waals surface area (Å²) in [6.07, 6.45) is 6.62. The van der Waals surface area contributed by atoms with Gasteiger partial charge in [-0.05, 0) is 38.5 Å². The highest BCUT2D eigenvalue weighted by Gasteiger charge is 2.22. The Bertz CT molecular complexity index is 1590. The van der Waals surface area contributed by atoms with Crippen LogP contribution in [0.1, 0.15) is 54.2 Å². The van der Waals surface area contributed by atoms with Crippen molar-refractivity contribution in [2.75, 3.05) is 12.4 Å². The van der Waals surface area contributed by atoms with Gasteiger partial charge in [-0.25, -0.2) is 23.9 Å². The molecule has 4 aromatic heterocycles. The van der Waals surface area contributed by atoms with E-state index in [0.717, 1.165) is 5.56 Å². The monoisotopic (exact) mass is 565 g/mol. The van der Waals surface area contributed by atoms with E-state index in [1.165, 1.54) is 30.3 Å². The first-order chi connectivity index (χ1) is 19.5. The number of amides is 2. The molecule has 0 atom stereocenters. The van der Waals surface area contributed by atoms with Gasteiger partial charge in [0.25, 0.3) is 5.91 Å². The lowest BCUT2D eigenvalue weighted by Gasteiger charge is -2.20. The topological polar surface area (TPSA) is 163 Å². The minimum atomic E-state index is -0.857. The summed E-state index contributed by atoms with van der Waals surface area (Å²) in [5.41, 5.74) is 0.182. The Balaban J connectivity index is 1.34. The summed E-state index contributed by atoms with van der Waals surface area (Å²) >= 11 is 0. The van der Waals surface area contributed by atoms with Crippen LogP contribution in [0.3, 0.4) is 0 Å². The van der Waals surface area contributed by atoms with E-state index in [9.17, 15) is 18.8 Å². The third-order valence-corrected chi connectivity index (χ3v) is 5.44. The molecule has 0 saturated carbocycles. The highest BCUT2D eigenvalue weighted by Crippen LogP contribution is 2.29. The van der Waals surface area contributed by atoms with E-state index < -0.39 is 23.4 Å². The zero-order valence-electron chi connectivity index (χ0n) is 22.8. The van der Waals surface area contributed by atoms with Gasteiger partial charge < -0.3 is 19.2 Å². The molecule has 0 fully saturated rings. The van der Waals surface area contributed by atoms with Crippen LogP contribution in [0.15, 0.2) is 58.4 Å². The van der Waals surface area contributed by atoms with Gasteiger partial charge in [-0.1, -0.05) is 6.07 Å². The van der Waals surface area contributed by atoms with Gasteiger partial charge in [-0.15, -0.1) is 0 Å². The van der Waals surface area contributed by atoms with Gasteiger partial charge in [-0.2, -0.15) is 0 Å². The van der Waals surface area contributed by atoms with Crippen LogP contribution in [0, 0.1) is 5.82 Å². The van der Waals surface area contributed by atoms with Gasteiger partial charge in [0.2, 0.25) is 5.76 Å². The normalized spacial score (nSPS) is 11.1. The average molecular weight is 566 g/mol. The Morgan fingerprint density at radius 1 is 1.10 bits per heavy atom. The number of methoxy groups -OCH3 is 1. The molecule has 0 aromatic carbocycles. The molecule has 4 heterocycles. The molecular formula is C27H28FN7O6. The summed E-state index contributed by atoms with van der Waals surface area (Å²) in [4.78, 5) is 52.6. The highest BCUT2D eigenvalue weighted by molar-refractivity contribution is 5.91. The highest BCUT2D eigenvalue weighted by atomic mass is 19.1. The molecule has 0 radical (unpaired) electrons. The predicted molar refractivity (Wildman–Crippen MR) is 143 cm³/mol. The van der Waals surface area contributed by atoms with E-state index in [1.54, 1.807) is 45.3 Å². The minimum absolute atomic E-state index is 0.0253. The van der Waals surface area contributed by atoms with Crippen LogP contribution in [0.4, 0.5) is 14.9 Å². The van der Waals surface area contributed by atoms with Gasteiger partial charge in [0.15, 0.2) is 17.5 Å². The lowest BCUT2D eigenvalue weighted by atomic mass is 10.2. The smallest absolute Gasteiger partial charge is 0.412 e. The predicted octanol–water partition coefficient (Wildman–Crippen LogP) is 3.09. The Kier molecular flexibility index (Phi) is 8.70. The summed E-state index contributed by atoms with van der Waals surface area (Å²) in [5, 5.41) is 4.92. The number of rotatable bonds is 9. The summed E-state index contributed by atoms with van der Waals surface area (Å²) in [6.45, 7) is 5.07. The number of pyridine rings is 2. The first-order valence-corrected chi connectivity index (χ1v) is 12.4. The molecule has 0 unspecified atom stereocenters. The number of nitrogens with zero attached hydrogens (tertiary/aromatic N) is 5. The van der Waals surface area contributed by atoms with Crippen molar-refractivity contribution in [3.63, 3.8) is 0 Å². The van der Waals surface area contributed by atoms with Gasteiger partial charge in [-0.3, -0.25) is 24.6 Å². The third-order valence-electron chi connectivity index (χ3n) is 5.44. The third kappa shape index (κ3) is 7.71. The number of hydrogen-bond donors (Lipinski definition) is 2. The molecule has 4 aromatic rings. The van der Waals surface area contributed by atoms with Gasteiger partial charge in [0.05, 0.1) is 50.4 Å². The van der Waals surface area contributed by atoms with Crippen LogP contribution in [-0.2, 0) is 24.2 Å². The fourth-order valence-electron chi connectivity index (χ4n) is 3.59. The van der Waals surface area contributed by atoms with Gasteiger partial charge in [0, 0.05) is 18.6 Å². The molecule has 0 aliphatic heterocycles. The molecule has 4 rings (SSSR count). The Hall–Kier alpha value is -5.14. The van der Waals surface area contributed by atoms with Crippen LogP contribution in [0.5, 0.6) is 5.75 Å². The molecule has 0 spiro atoms. The minimum Gasteiger partial charge on any atom is -0.491 e. The van der Waals surface area contributed by atoms with Crippen molar-refractivity contribution < 1.29 is 27.9 Å². The lowest BCUT2D eigenvalue weighted by molar-refractivity contribution is 0.0635. The average Bonchev–Trinajstić information content (AvgIpc) is 3.38. The molecule has 0 bridgehead atoms. The van der Waals surface area contributed by atoms with Gasteiger partial charge >= 0.3 is 11.8 Å². The van der Waals surface area contributed by atoms with Crippen LogP contribution < -0.4 is 21.1 Å². The molecule has 0 saturated heterocycles. The summed E-state index contributed by atoms with van der Waals surface area (Å²) in [6, 6.07) is 5.25. The first-order valence-electron chi connectivity index (χ1n) is 12.4. The van der Waals surface area contributed by atoms with Gasteiger partial charge in [0.1, 0.15) is 11.3 Å². The Morgan fingerprint density at radius 3 is 2.59 bits per heavy atom. The number of carbonyl (C=O) groups excluding carboxylic acids is 2. The quantitative estimate of drug-likeness (QED) is 0.308. The van der Waals surface area contributed by atoms with E-state index in [4.69, 9.17) is 13.9 Å². The maximum atomic E-state index is 15.0. The van der Waals surface area contributed by atoms with Crippen LogP contribution >= 0.6 is 0 Å². The van der Waals surface area contributed by atoms with E-state index in [-0.39, 0.29) is 54.0 Å². The number of hydrogen-bond acceptors (Lipinski definition) is 10. The van der Waals surface area contributed by atoms with Crippen molar-refractivity contribution in [3.05, 3.63) is 94.1 Å². The molecule has 0 aliphatic rings. The van der Waals surface area contributed by atoms with Crippen LogP contribution in [-0.4, -0.2) is 49.2 Å². The summed E-state index contributed by atoms with van der Waals surface area (Å²) in [5.74, 6) is -1.55. The number of anilines is 1. The van der Waals surface area contributed by atoms with Crippen molar-refractivity contribution in [3.8, 4) is 5.75 Å². The molecule has 2 N–H and O–H groups in total. The molecular weight excluding hydrogens is 537 g/mol. The van der Waals surface area contributed by atoms with E-state index in [1.807, 2.05) is 6.07 Å². The maximum Gasteiger partial charge on any atom is 0.412 e. The van der Waals surface area contributed by atoms with E-state index >= 15 is 0 Å². The maximum absolute atomic E-state index is 15.0. The van der Waals surface area contributed by atoms with Crippen LogP contribution in [0.25, 0.3) is 0 Å². The molecule has 2 amide bonds.